The third-order valence-corrected chi connectivity index (χ3v) is 5.92. The fourth-order valence-corrected chi connectivity index (χ4v) is 4.42. The number of hydrogen-bond donors (Lipinski definition) is 1. The van der Waals surface area contributed by atoms with Gasteiger partial charge in [-0.1, -0.05) is 18.9 Å². The van der Waals surface area contributed by atoms with Gasteiger partial charge in [0.1, 0.15) is 16.5 Å². The van der Waals surface area contributed by atoms with E-state index in [1.165, 1.54) is 37.4 Å². The van der Waals surface area contributed by atoms with Gasteiger partial charge in [-0.05, 0) is 37.1 Å². The van der Waals surface area contributed by atoms with Gasteiger partial charge in [0.15, 0.2) is 0 Å². The molecular weight excluding hydrogens is 360 g/mol. The minimum atomic E-state index is -0.743. The molecule has 0 atom stereocenters. The molecule has 0 saturated heterocycles. The van der Waals surface area contributed by atoms with E-state index in [9.17, 15) is 18.4 Å². The van der Waals surface area contributed by atoms with Gasteiger partial charge >= 0.3 is 5.97 Å². The molecule has 2 aromatic rings. The summed E-state index contributed by atoms with van der Waals surface area (Å²) in [5, 5.41) is 2.79. The third kappa shape index (κ3) is 3.49. The first-order valence-electron chi connectivity index (χ1n) is 8.38. The molecule has 1 heterocycles. The maximum Gasteiger partial charge on any atom is 0.348 e. The second-order valence-electron chi connectivity index (χ2n) is 6.42. The third-order valence-electron chi connectivity index (χ3n) is 4.86. The van der Waals surface area contributed by atoms with Crippen LogP contribution in [0.1, 0.15) is 50.6 Å². The van der Waals surface area contributed by atoms with Gasteiger partial charge in [-0.25, -0.2) is 13.6 Å². The molecule has 1 saturated carbocycles. The second kappa shape index (κ2) is 7.53. The minimum absolute atomic E-state index is 0.0548. The average molecular weight is 379 g/mol. The van der Waals surface area contributed by atoms with Crippen molar-refractivity contribution in [2.75, 3.05) is 13.7 Å². The Kier molecular flexibility index (Phi) is 5.36. The lowest BCUT2D eigenvalue weighted by Gasteiger charge is -2.30. The molecule has 1 N–H and O–H groups in total. The predicted octanol–water partition coefficient (Wildman–Crippen LogP) is 4.05. The normalized spacial score (nSPS) is 15.7. The Labute approximate surface area is 154 Å². The maximum atomic E-state index is 14.3. The molecule has 0 unspecified atom stereocenters. The van der Waals surface area contributed by atoms with E-state index < -0.39 is 23.0 Å². The number of ether oxygens (including phenoxy) is 1. The van der Waals surface area contributed by atoms with Crippen LogP contribution < -0.4 is 5.32 Å². The number of thiophene rings is 1. The fourth-order valence-electron chi connectivity index (χ4n) is 3.58. The number of carbonyl (C=O) groups excluding carboxylic acids is 2. The topological polar surface area (TPSA) is 55.4 Å². The van der Waals surface area contributed by atoms with Crippen molar-refractivity contribution in [1.82, 2.24) is 5.32 Å². The monoisotopic (exact) mass is 379 g/mol. The van der Waals surface area contributed by atoms with Gasteiger partial charge in [0.05, 0.1) is 12.0 Å². The molecule has 1 fully saturated rings. The quantitative estimate of drug-likeness (QED) is 0.798. The van der Waals surface area contributed by atoms with Crippen LogP contribution in [0.3, 0.4) is 0 Å². The zero-order chi connectivity index (χ0) is 18.7. The Hall–Kier alpha value is -2.28. The molecule has 0 aliphatic heterocycles. The van der Waals surface area contributed by atoms with Crippen molar-refractivity contribution in [2.24, 2.45) is 0 Å². The lowest BCUT2D eigenvalue weighted by Crippen LogP contribution is -2.40. The van der Waals surface area contributed by atoms with Gasteiger partial charge in [0.2, 0.25) is 0 Å². The number of methoxy groups -OCH3 is 1. The fraction of sp³-hybridized carbons (Fsp3) is 0.368. The van der Waals surface area contributed by atoms with Gasteiger partial charge in [0.25, 0.3) is 5.91 Å². The number of hydrogen-bond acceptors (Lipinski definition) is 4. The Morgan fingerprint density at radius 3 is 2.35 bits per heavy atom. The summed E-state index contributed by atoms with van der Waals surface area (Å²) in [5.74, 6) is -2.03. The lowest BCUT2D eigenvalue weighted by atomic mass is 9.78. The highest BCUT2D eigenvalue weighted by Gasteiger charge is 2.40. The standard InChI is InChI=1S/C19H19F2NO3S/c1-25-18(24)15-8-7-14(26-15)17(23)22-11-19(9-2-3-10-19)16-12(20)5-4-6-13(16)21/h4-8H,2-3,9-11H2,1H3,(H,22,23). The molecule has 7 heteroatoms. The highest BCUT2D eigenvalue weighted by molar-refractivity contribution is 7.15. The van der Waals surface area contributed by atoms with Crippen LogP contribution in [-0.2, 0) is 10.2 Å². The summed E-state index contributed by atoms with van der Waals surface area (Å²) in [5.41, 5.74) is -0.688. The first kappa shape index (κ1) is 18.5. The Morgan fingerprint density at radius 1 is 1.12 bits per heavy atom. The zero-order valence-corrected chi connectivity index (χ0v) is 15.1. The van der Waals surface area contributed by atoms with Crippen molar-refractivity contribution in [2.45, 2.75) is 31.1 Å². The summed E-state index contributed by atoms with van der Waals surface area (Å²) in [6.07, 6.45) is 2.94. The first-order valence-corrected chi connectivity index (χ1v) is 9.19. The second-order valence-corrected chi connectivity index (χ2v) is 7.51. The van der Waals surface area contributed by atoms with E-state index in [-0.39, 0.29) is 18.0 Å². The molecular formula is C19H19F2NO3S. The number of esters is 1. The number of nitrogens with one attached hydrogen (secondary N) is 1. The number of rotatable bonds is 5. The van der Waals surface area contributed by atoms with Crippen molar-refractivity contribution >= 4 is 23.2 Å². The highest BCUT2D eigenvalue weighted by atomic mass is 32.1. The van der Waals surface area contributed by atoms with Gasteiger partial charge in [-0.2, -0.15) is 0 Å². The van der Waals surface area contributed by atoms with Crippen molar-refractivity contribution in [3.8, 4) is 0 Å². The molecule has 1 aromatic carbocycles. The summed E-state index contributed by atoms with van der Waals surface area (Å²) in [4.78, 5) is 24.6. The largest absolute Gasteiger partial charge is 0.465 e. The molecule has 0 bridgehead atoms. The molecule has 0 spiro atoms. The molecule has 4 nitrogen and oxygen atoms in total. The van der Waals surface area contributed by atoms with E-state index in [0.29, 0.717) is 22.6 Å². The van der Waals surface area contributed by atoms with Gasteiger partial charge in [-0.3, -0.25) is 4.79 Å². The first-order chi connectivity index (χ1) is 12.5. The number of carbonyl (C=O) groups is 2. The smallest absolute Gasteiger partial charge is 0.348 e. The molecule has 138 valence electrons. The highest BCUT2D eigenvalue weighted by Crippen LogP contribution is 2.42. The Bertz CT molecular complexity index is 808. The molecule has 0 radical (unpaired) electrons. The van der Waals surface area contributed by atoms with Crippen LogP contribution in [0.25, 0.3) is 0 Å². The number of halogens is 2. The minimum Gasteiger partial charge on any atom is -0.465 e. The average Bonchev–Trinajstić information content (AvgIpc) is 3.29. The van der Waals surface area contributed by atoms with Crippen molar-refractivity contribution < 1.29 is 23.1 Å². The van der Waals surface area contributed by atoms with E-state index in [1.54, 1.807) is 0 Å². The molecule has 3 rings (SSSR count). The summed E-state index contributed by atoms with van der Waals surface area (Å²) in [6, 6.07) is 6.91. The molecule has 1 aliphatic carbocycles. The van der Waals surface area contributed by atoms with Crippen LogP contribution in [0.15, 0.2) is 30.3 Å². The summed E-state index contributed by atoms with van der Waals surface area (Å²) in [7, 11) is 1.27. The predicted molar refractivity (Wildman–Crippen MR) is 94.5 cm³/mol. The van der Waals surface area contributed by atoms with Gasteiger partial charge in [-0.15, -0.1) is 11.3 Å². The van der Waals surface area contributed by atoms with E-state index in [0.717, 1.165) is 24.2 Å². The maximum absolute atomic E-state index is 14.3. The molecule has 1 aromatic heterocycles. The van der Waals surface area contributed by atoms with E-state index in [4.69, 9.17) is 0 Å². The van der Waals surface area contributed by atoms with Crippen molar-refractivity contribution in [3.05, 3.63) is 57.3 Å². The summed E-state index contributed by atoms with van der Waals surface area (Å²) >= 11 is 1.02. The van der Waals surface area contributed by atoms with Crippen molar-refractivity contribution in [1.29, 1.82) is 0 Å². The van der Waals surface area contributed by atoms with Crippen LogP contribution in [0.2, 0.25) is 0 Å². The van der Waals surface area contributed by atoms with Crippen molar-refractivity contribution in [3.63, 3.8) is 0 Å². The van der Waals surface area contributed by atoms with Gasteiger partial charge < -0.3 is 10.1 Å². The van der Waals surface area contributed by atoms with Crippen LogP contribution in [0.5, 0.6) is 0 Å². The Balaban J connectivity index is 1.78. The SMILES string of the molecule is COC(=O)c1ccc(C(=O)NCC2(c3c(F)cccc3F)CCCC2)s1. The van der Waals surface area contributed by atoms with E-state index in [2.05, 4.69) is 10.1 Å². The summed E-state index contributed by atoms with van der Waals surface area (Å²) < 4.78 is 33.3. The number of amides is 1. The van der Waals surface area contributed by atoms with Gasteiger partial charge in [0, 0.05) is 17.5 Å². The molecule has 1 amide bonds. The number of benzene rings is 1. The van der Waals surface area contributed by atoms with E-state index in [1.807, 2.05) is 0 Å². The molecule has 26 heavy (non-hydrogen) atoms. The summed E-state index contributed by atoms with van der Waals surface area (Å²) in [6.45, 7) is 0.148. The van der Waals surface area contributed by atoms with Crippen LogP contribution in [0, 0.1) is 11.6 Å². The Morgan fingerprint density at radius 2 is 1.73 bits per heavy atom. The lowest BCUT2D eigenvalue weighted by molar-refractivity contribution is 0.0606. The van der Waals surface area contributed by atoms with Crippen LogP contribution >= 0.6 is 11.3 Å². The molecule has 1 aliphatic rings. The van der Waals surface area contributed by atoms with Crippen LogP contribution in [0.4, 0.5) is 8.78 Å². The van der Waals surface area contributed by atoms with E-state index >= 15 is 0 Å². The zero-order valence-electron chi connectivity index (χ0n) is 14.3. The van der Waals surface area contributed by atoms with Crippen LogP contribution in [-0.4, -0.2) is 25.5 Å².